The zero-order valence-corrected chi connectivity index (χ0v) is 13.3. The minimum absolute atomic E-state index is 0.494. The first-order chi connectivity index (χ1) is 9.81. The summed E-state index contributed by atoms with van der Waals surface area (Å²) < 4.78 is 5.50. The maximum absolute atomic E-state index is 5.50. The smallest absolute Gasteiger partial charge is 0.126 e. The third-order valence-electron chi connectivity index (χ3n) is 5.25. The maximum Gasteiger partial charge on any atom is 0.126 e. The SMILES string of the molecule is COc1ccc(C(Br)C2C3CCCC32)c2ccccc12. The van der Waals surface area contributed by atoms with E-state index in [1.165, 1.54) is 35.6 Å². The van der Waals surface area contributed by atoms with Gasteiger partial charge in [-0.05, 0) is 47.6 Å². The molecule has 2 saturated carbocycles. The number of hydrogen-bond acceptors (Lipinski definition) is 1. The van der Waals surface area contributed by atoms with Gasteiger partial charge in [0.1, 0.15) is 5.75 Å². The van der Waals surface area contributed by atoms with Crippen LogP contribution in [0.25, 0.3) is 10.8 Å². The zero-order valence-electron chi connectivity index (χ0n) is 11.7. The molecule has 0 bridgehead atoms. The highest BCUT2D eigenvalue weighted by atomic mass is 79.9. The molecule has 2 aromatic rings. The number of methoxy groups -OCH3 is 1. The lowest BCUT2D eigenvalue weighted by Gasteiger charge is -2.16. The summed E-state index contributed by atoms with van der Waals surface area (Å²) in [6.45, 7) is 0. The number of fused-ring (bicyclic) bond motifs is 2. The first-order valence-electron chi connectivity index (χ1n) is 7.51. The lowest BCUT2D eigenvalue weighted by atomic mass is 9.97. The van der Waals surface area contributed by atoms with Crippen LogP contribution in [0.2, 0.25) is 0 Å². The van der Waals surface area contributed by atoms with E-state index in [1.54, 1.807) is 7.11 Å². The average molecular weight is 331 g/mol. The number of halogens is 1. The predicted octanol–water partition coefficient (Wildman–Crippen LogP) is 5.33. The molecular formula is C18H19BrO. The van der Waals surface area contributed by atoms with Crippen molar-refractivity contribution in [3.8, 4) is 5.75 Å². The molecule has 0 aromatic heterocycles. The lowest BCUT2D eigenvalue weighted by molar-refractivity contribution is 0.419. The Balaban J connectivity index is 1.76. The van der Waals surface area contributed by atoms with Gasteiger partial charge in [-0.3, -0.25) is 0 Å². The molecule has 0 spiro atoms. The van der Waals surface area contributed by atoms with E-state index in [9.17, 15) is 0 Å². The summed E-state index contributed by atoms with van der Waals surface area (Å²) in [7, 11) is 1.75. The van der Waals surface area contributed by atoms with Crippen molar-refractivity contribution in [1.82, 2.24) is 0 Å². The van der Waals surface area contributed by atoms with E-state index >= 15 is 0 Å². The minimum Gasteiger partial charge on any atom is -0.496 e. The molecule has 2 aromatic carbocycles. The normalized spacial score (nSPS) is 29.2. The van der Waals surface area contributed by atoms with Gasteiger partial charge in [-0.1, -0.05) is 52.7 Å². The van der Waals surface area contributed by atoms with E-state index in [0.717, 1.165) is 23.5 Å². The van der Waals surface area contributed by atoms with Crippen molar-refractivity contribution in [3.63, 3.8) is 0 Å². The van der Waals surface area contributed by atoms with Crippen molar-refractivity contribution < 1.29 is 4.74 Å². The van der Waals surface area contributed by atoms with Gasteiger partial charge in [0, 0.05) is 10.2 Å². The summed E-state index contributed by atoms with van der Waals surface area (Å²) in [5, 5.41) is 2.56. The molecule has 0 radical (unpaired) electrons. The second-order valence-electron chi connectivity index (χ2n) is 6.14. The van der Waals surface area contributed by atoms with E-state index in [1.807, 2.05) is 0 Å². The molecule has 2 aliphatic rings. The minimum atomic E-state index is 0.494. The van der Waals surface area contributed by atoms with Gasteiger partial charge < -0.3 is 4.74 Å². The fraction of sp³-hybridized carbons (Fsp3) is 0.444. The molecule has 3 atom stereocenters. The molecule has 1 nitrogen and oxygen atoms in total. The van der Waals surface area contributed by atoms with Crippen LogP contribution in [-0.2, 0) is 0 Å². The summed E-state index contributed by atoms with van der Waals surface area (Å²) in [5.41, 5.74) is 1.43. The lowest BCUT2D eigenvalue weighted by Crippen LogP contribution is -2.00. The van der Waals surface area contributed by atoms with Gasteiger partial charge in [-0.15, -0.1) is 0 Å². The molecule has 0 heterocycles. The zero-order chi connectivity index (χ0) is 13.7. The Morgan fingerprint density at radius 1 is 1.05 bits per heavy atom. The molecule has 0 saturated heterocycles. The highest BCUT2D eigenvalue weighted by Crippen LogP contribution is 2.64. The summed E-state index contributed by atoms with van der Waals surface area (Å²) in [6, 6.07) is 13.0. The molecule has 20 heavy (non-hydrogen) atoms. The quantitative estimate of drug-likeness (QED) is 0.691. The Morgan fingerprint density at radius 3 is 2.45 bits per heavy atom. The van der Waals surface area contributed by atoms with Crippen molar-refractivity contribution in [2.45, 2.75) is 24.1 Å². The molecule has 0 N–H and O–H groups in total. The van der Waals surface area contributed by atoms with Gasteiger partial charge in [0.15, 0.2) is 0 Å². The Bertz CT molecular complexity index is 641. The van der Waals surface area contributed by atoms with E-state index in [0.29, 0.717) is 4.83 Å². The van der Waals surface area contributed by atoms with E-state index in [4.69, 9.17) is 4.74 Å². The number of alkyl halides is 1. The maximum atomic E-state index is 5.50. The van der Waals surface area contributed by atoms with Crippen LogP contribution in [-0.4, -0.2) is 7.11 Å². The molecule has 0 aliphatic heterocycles. The molecule has 4 rings (SSSR count). The van der Waals surface area contributed by atoms with Crippen molar-refractivity contribution >= 4 is 26.7 Å². The van der Waals surface area contributed by atoms with Crippen LogP contribution >= 0.6 is 15.9 Å². The fourth-order valence-electron chi connectivity index (χ4n) is 4.23. The van der Waals surface area contributed by atoms with Gasteiger partial charge in [-0.25, -0.2) is 0 Å². The molecule has 2 fully saturated rings. The van der Waals surface area contributed by atoms with Crippen LogP contribution in [0.3, 0.4) is 0 Å². The number of rotatable bonds is 3. The van der Waals surface area contributed by atoms with Gasteiger partial charge in [0.05, 0.1) is 7.11 Å². The van der Waals surface area contributed by atoms with E-state index < -0.39 is 0 Å². The third-order valence-corrected chi connectivity index (χ3v) is 6.35. The highest BCUT2D eigenvalue weighted by molar-refractivity contribution is 9.09. The highest BCUT2D eigenvalue weighted by Gasteiger charge is 2.55. The Kier molecular flexibility index (Phi) is 3.03. The monoisotopic (exact) mass is 330 g/mol. The van der Waals surface area contributed by atoms with Crippen LogP contribution in [0.15, 0.2) is 36.4 Å². The summed E-state index contributed by atoms with van der Waals surface area (Å²) >= 11 is 4.00. The second kappa shape index (κ2) is 4.77. The van der Waals surface area contributed by atoms with Crippen LogP contribution in [0.1, 0.15) is 29.7 Å². The van der Waals surface area contributed by atoms with Crippen LogP contribution in [0, 0.1) is 17.8 Å². The Hall–Kier alpha value is -1.02. The van der Waals surface area contributed by atoms with E-state index in [2.05, 4.69) is 52.3 Å². The number of hydrogen-bond donors (Lipinski definition) is 0. The molecule has 2 aliphatic carbocycles. The van der Waals surface area contributed by atoms with E-state index in [-0.39, 0.29) is 0 Å². The molecule has 0 amide bonds. The van der Waals surface area contributed by atoms with Gasteiger partial charge in [-0.2, -0.15) is 0 Å². The van der Waals surface area contributed by atoms with Crippen LogP contribution < -0.4 is 4.74 Å². The van der Waals surface area contributed by atoms with Crippen molar-refractivity contribution in [2.75, 3.05) is 7.11 Å². The number of benzene rings is 2. The average Bonchev–Trinajstić information content (AvgIpc) is 2.97. The first kappa shape index (κ1) is 12.7. The fourth-order valence-corrected chi connectivity index (χ4v) is 5.41. The third kappa shape index (κ3) is 1.81. The Morgan fingerprint density at radius 2 is 1.75 bits per heavy atom. The molecular weight excluding hydrogens is 312 g/mol. The summed E-state index contributed by atoms with van der Waals surface area (Å²) in [4.78, 5) is 0.494. The van der Waals surface area contributed by atoms with Crippen LogP contribution in [0.4, 0.5) is 0 Å². The van der Waals surface area contributed by atoms with Gasteiger partial charge in [0.2, 0.25) is 0 Å². The Labute approximate surface area is 128 Å². The standard InChI is InChI=1S/C18H19BrO/c1-20-16-10-9-15(11-5-2-3-6-12(11)16)18(19)17-13-7-4-8-14(13)17/h2-3,5-6,9-10,13-14,17-18H,4,7-8H2,1H3. The van der Waals surface area contributed by atoms with Gasteiger partial charge >= 0.3 is 0 Å². The second-order valence-corrected chi connectivity index (χ2v) is 7.13. The molecule has 2 heteroatoms. The van der Waals surface area contributed by atoms with Crippen molar-refractivity contribution in [2.24, 2.45) is 17.8 Å². The van der Waals surface area contributed by atoms with Gasteiger partial charge in [0.25, 0.3) is 0 Å². The van der Waals surface area contributed by atoms with Crippen molar-refractivity contribution in [3.05, 3.63) is 42.0 Å². The number of ether oxygens (including phenoxy) is 1. The first-order valence-corrected chi connectivity index (χ1v) is 8.42. The molecule has 3 unspecified atom stereocenters. The summed E-state index contributed by atoms with van der Waals surface area (Å²) in [6.07, 6.45) is 4.31. The summed E-state index contributed by atoms with van der Waals surface area (Å²) in [5.74, 6) is 3.76. The predicted molar refractivity (Wildman–Crippen MR) is 86.5 cm³/mol. The largest absolute Gasteiger partial charge is 0.496 e. The van der Waals surface area contributed by atoms with Crippen LogP contribution in [0.5, 0.6) is 5.75 Å². The van der Waals surface area contributed by atoms with Crippen molar-refractivity contribution in [1.29, 1.82) is 0 Å². The molecule has 104 valence electrons. The topological polar surface area (TPSA) is 9.23 Å².